The molecule has 1 aliphatic heterocycles. The van der Waals surface area contributed by atoms with E-state index >= 15 is 0 Å². The molecule has 3 aromatic rings. The predicted octanol–water partition coefficient (Wildman–Crippen LogP) is 7.97. The molecule has 38 heavy (non-hydrogen) atoms. The second kappa shape index (κ2) is 11.5. The Morgan fingerprint density at radius 1 is 0.974 bits per heavy atom. The van der Waals surface area contributed by atoms with Gasteiger partial charge in [0.15, 0.2) is 0 Å². The molecule has 1 fully saturated rings. The highest BCUT2D eigenvalue weighted by molar-refractivity contribution is 6.30. The van der Waals surface area contributed by atoms with Crippen molar-refractivity contribution in [1.29, 1.82) is 0 Å². The number of benzene rings is 3. The van der Waals surface area contributed by atoms with E-state index in [-0.39, 0.29) is 18.6 Å². The van der Waals surface area contributed by atoms with Gasteiger partial charge in [-0.15, -0.1) is 0 Å². The summed E-state index contributed by atoms with van der Waals surface area (Å²) in [5, 5.41) is 12.6. The number of urea groups is 1. The molecule has 3 aromatic carbocycles. The van der Waals surface area contributed by atoms with Crippen LogP contribution in [0.5, 0.6) is 5.75 Å². The van der Waals surface area contributed by atoms with Crippen molar-refractivity contribution in [3.63, 3.8) is 0 Å². The van der Waals surface area contributed by atoms with Crippen LogP contribution in [-0.4, -0.2) is 29.8 Å². The number of carbonyl (C=O) groups excluding carboxylic acids is 1. The third-order valence-corrected chi connectivity index (χ3v) is 8.00. The van der Waals surface area contributed by atoms with Crippen LogP contribution in [0.3, 0.4) is 0 Å². The van der Waals surface area contributed by atoms with Crippen molar-refractivity contribution in [1.82, 2.24) is 0 Å². The Bertz CT molecular complexity index is 1280. The van der Waals surface area contributed by atoms with Gasteiger partial charge >= 0.3 is 12.0 Å². The van der Waals surface area contributed by atoms with Crippen molar-refractivity contribution in [2.24, 2.45) is 5.92 Å². The van der Waals surface area contributed by atoms with E-state index in [1.165, 1.54) is 5.56 Å². The van der Waals surface area contributed by atoms with Crippen molar-refractivity contribution in [3.05, 3.63) is 77.3 Å². The Morgan fingerprint density at radius 2 is 1.66 bits per heavy atom. The van der Waals surface area contributed by atoms with Gasteiger partial charge in [0.25, 0.3) is 0 Å². The first-order chi connectivity index (χ1) is 18.4. The molecule has 1 aliphatic carbocycles. The summed E-state index contributed by atoms with van der Waals surface area (Å²) < 4.78 is 6.27. The van der Waals surface area contributed by atoms with Crippen LogP contribution in [0.4, 0.5) is 16.2 Å². The summed E-state index contributed by atoms with van der Waals surface area (Å²) in [5.74, 6) is 0.798. The molecule has 0 aromatic heterocycles. The minimum absolute atomic E-state index is 0.0904. The van der Waals surface area contributed by atoms with Crippen molar-refractivity contribution in [2.45, 2.75) is 57.5 Å². The molecular weight excluding hydrogens is 500 g/mol. The van der Waals surface area contributed by atoms with Gasteiger partial charge in [0.05, 0.1) is 12.2 Å². The summed E-state index contributed by atoms with van der Waals surface area (Å²) in [4.78, 5) is 26.0. The maximum atomic E-state index is 13.2. The summed E-state index contributed by atoms with van der Waals surface area (Å²) in [7, 11) is 0. The molecule has 2 amide bonds. The summed E-state index contributed by atoms with van der Waals surface area (Å²) in [6.45, 7) is 2.54. The number of hydrogen-bond acceptors (Lipinski definition) is 3. The number of ether oxygens (including phenoxy) is 1. The normalized spacial score (nSPS) is 20.8. The smallest absolute Gasteiger partial charge is 0.326 e. The van der Waals surface area contributed by atoms with E-state index < -0.39 is 5.97 Å². The van der Waals surface area contributed by atoms with Crippen LogP contribution in [0.25, 0.3) is 11.1 Å². The van der Waals surface area contributed by atoms with E-state index in [0.29, 0.717) is 34.8 Å². The van der Waals surface area contributed by atoms with Gasteiger partial charge in [0, 0.05) is 17.1 Å². The van der Waals surface area contributed by atoms with Crippen molar-refractivity contribution in [2.75, 3.05) is 16.8 Å². The standard InChI is InChI=1S/C31H33ClN2O4/c1-2-27-19-34(31(37)33-26-14-12-25(32)13-15-26)28-16-11-24(18-29(28)38-27)23-9-7-22(8-10-23)21-5-3-20(4-6-21)17-30(35)36/h7-16,18,20-21,27H,2-6,17,19H2,1H3,(H,33,37)(H,35,36). The zero-order valence-electron chi connectivity index (χ0n) is 21.5. The highest BCUT2D eigenvalue weighted by atomic mass is 35.5. The van der Waals surface area contributed by atoms with Crippen molar-refractivity contribution in [3.8, 4) is 16.9 Å². The van der Waals surface area contributed by atoms with Crippen LogP contribution in [0.1, 0.15) is 56.9 Å². The molecule has 1 heterocycles. The van der Waals surface area contributed by atoms with Gasteiger partial charge in [-0.2, -0.15) is 0 Å². The fourth-order valence-electron chi connectivity index (χ4n) is 5.55. The van der Waals surface area contributed by atoms with Gasteiger partial charge in [-0.3, -0.25) is 9.69 Å². The third-order valence-electron chi connectivity index (χ3n) is 7.75. The number of nitrogens with zero attached hydrogens (tertiary/aromatic N) is 1. The number of halogens is 1. The quantitative estimate of drug-likeness (QED) is 0.337. The lowest BCUT2D eigenvalue weighted by molar-refractivity contribution is -0.138. The number of anilines is 2. The molecule has 2 aliphatic rings. The predicted molar refractivity (Wildman–Crippen MR) is 151 cm³/mol. The molecule has 2 N–H and O–H groups in total. The van der Waals surface area contributed by atoms with Crippen LogP contribution in [-0.2, 0) is 4.79 Å². The van der Waals surface area contributed by atoms with Crippen molar-refractivity contribution >= 4 is 35.0 Å². The number of carbonyl (C=O) groups is 2. The number of nitrogens with one attached hydrogen (secondary N) is 1. The molecule has 1 atom stereocenters. The third kappa shape index (κ3) is 5.97. The van der Waals surface area contributed by atoms with Crippen LogP contribution in [0.2, 0.25) is 5.02 Å². The zero-order valence-corrected chi connectivity index (χ0v) is 22.3. The molecule has 7 heteroatoms. The molecule has 1 saturated carbocycles. The number of aliphatic carboxylic acids is 1. The summed E-state index contributed by atoms with van der Waals surface area (Å²) in [5.41, 5.74) is 4.88. The molecule has 0 bridgehead atoms. The van der Waals surface area contributed by atoms with Gasteiger partial charge in [-0.25, -0.2) is 4.79 Å². The number of fused-ring (bicyclic) bond motifs is 1. The van der Waals surface area contributed by atoms with Gasteiger partial charge < -0.3 is 15.2 Å². The Kier molecular flexibility index (Phi) is 7.89. The second-order valence-electron chi connectivity index (χ2n) is 10.3. The largest absolute Gasteiger partial charge is 0.486 e. The monoisotopic (exact) mass is 532 g/mol. The molecule has 0 saturated heterocycles. The SMILES string of the molecule is CCC1CN(C(=O)Nc2ccc(Cl)cc2)c2ccc(-c3ccc(C4CCC(CC(=O)O)CC4)cc3)cc2O1. The molecule has 6 nitrogen and oxygen atoms in total. The topological polar surface area (TPSA) is 78.9 Å². The van der Waals surface area contributed by atoms with Crippen LogP contribution in [0, 0.1) is 5.92 Å². The lowest BCUT2D eigenvalue weighted by atomic mass is 9.77. The minimum Gasteiger partial charge on any atom is -0.486 e. The molecular formula is C31H33ClN2O4. The van der Waals surface area contributed by atoms with E-state index in [0.717, 1.165) is 48.9 Å². The number of carboxylic acids is 1. The number of amides is 2. The molecule has 5 rings (SSSR count). The minimum atomic E-state index is -0.692. The molecule has 1 unspecified atom stereocenters. The lowest BCUT2D eigenvalue weighted by Gasteiger charge is -2.35. The Hall–Kier alpha value is -3.51. The Labute approximate surface area is 228 Å². The van der Waals surface area contributed by atoms with E-state index in [1.54, 1.807) is 29.2 Å². The van der Waals surface area contributed by atoms with Crippen LogP contribution < -0.4 is 15.0 Å². The van der Waals surface area contributed by atoms with E-state index in [9.17, 15) is 9.59 Å². The van der Waals surface area contributed by atoms with E-state index in [2.05, 4.69) is 36.5 Å². The summed E-state index contributed by atoms with van der Waals surface area (Å²) >= 11 is 5.98. The average Bonchev–Trinajstić information content (AvgIpc) is 2.93. The van der Waals surface area contributed by atoms with Crippen LogP contribution in [0.15, 0.2) is 66.7 Å². The first-order valence-electron chi connectivity index (χ1n) is 13.4. The molecule has 198 valence electrons. The van der Waals surface area contributed by atoms with Gasteiger partial charge in [-0.1, -0.05) is 48.9 Å². The summed E-state index contributed by atoms with van der Waals surface area (Å²) in [6, 6.07) is 21.5. The van der Waals surface area contributed by atoms with Crippen LogP contribution >= 0.6 is 11.6 Å². The number of rotatable bonds is 6. The lowest BCUT2D eigenvalue weighted by Crippen LogP contribution is -2.45. The van der Waals surface area contributed by atoms with Gasteiger partial charge in [0.2, 0.25) is 0 Å². The molecule has 0 radical (unpaired) electrons. The number of carboxylic acid groups (broad SMARTS) is 1. The maximum Gasteiger partial charge on any atom is 0.326 e. The molecule has 0 spiro atoms. The van der Waals surface area contributed by atoms with E-state index in [4.69, 9.17) is 21.4 Å². The van der Waals surface area contributed by atoms with Gasteiger partial charge in [0.1, 0.15) is 11.9 Å². The van der Waals surface area contributed by atoms with Crippen molar-refractivity contribution < 1.29 is 19.4 Å². The Morgan fingerprint density at radius 3 is 2.32 bits per heavy atom. The second-order valence-corrected chi connectivity index (χ2v) is 10.8. The van der Waals surface area contributed by atoms with Gasteiger partial charge in [-0.05, 0) is 97.0 Å². The first kappa shape index (κ1) is 26.1. The summed E-state index contributed by atoms with van der Waals surface area (Å²) in [6.07, 6.45) is 5.01. The highest BCUT2D eigenvalue weighted by Crippen LogP contribution is 2.40. The fourth-order valence-corrected chi connectivity index (χ4v) is 5.68. The maximum absolute atomic E-state index is 13.2. The first-order valence-corrected chi connectivity index (χ1v) is 13.7. The average molecular weight is 533 g/mol. The fraction of sp³-hybridized carbons (Fsp3) is 0.355. The zero-order chi connectivity index (χ0) is 26.6. The number of hydrogen-bond donors (Lipinski definition) is 2. The highest BCUT2D eigenvalue weighted by Gasteiger charge is 2.30. The van der Waals surface area contributed by atoms with E-state index in [1.807, 2.05) is 18.2 Å². The Balaban J connectivity index is 1.31.